The summed E-state index contributed by atoms with van der Waals surface area (Å²) in [5.41, 5.74) is 6.71. The number of aromatic nitrogens is 2. The fourth-order valence-electron chi connectivity index (χ4n) is 3.77. The first-order chi connectivity index (χ1) is 14.3. The molecule has 3 heterocycles. The molecule has 0 bridgehead atoms. The minimum Gasteiger partial charge on any atom is -0.487 e. The lowest BCUT2D eigenvalue weighted by molar-refractivity contribution is 0.247. The summed E-state index contributed by atoms with van der Waals surface area (Å²) >= 11 is 0. The Hall–Kier alpha value is -3.23. The molecule has 1 unspecified atom stereocenters. The van der Waals surface area contributed by atoms with E-state index in [2.05, 4.69) is 10.3 Å². The minimum absolute atomic E-state index is 0.0500. The number of anilines is 2. The molecular weight excluding hydrogens is 397 g/mol. The van der Waals surface area contributed by atoms with Crippen LogP contribution < -0.4 is 21.2 Å². The summed E-state index contributed by atoms with van der Waals surface area (Å²) in [6, 6.07) is 1.82. The molecule has 1 aromatic carbocycles. The molecule has 30 heavy (non-hydrogen) atoms. The predicted octanol–water partition coefficient (Wildman–Crippen LogP) is 3.70. The van der Waals surface area contributed by atoms with Gasteiger partial charge >= 0.3 is 0 Å². The van der Waals surface area contributed by atoms with Crippen LogP contribution in [0.5, 0.6) is 5.75 Å². The number of ether oxygens (including phenoxy) is 1. The average molecular weight is 418 g/mol. The summed E-state index contributed by atoms with van der Waals surface area (Å²) < 4.78 is 49.2. The smallest absolute Gasteiger partial charge is 0.215 e. The molecule has 2 aromatic heterocycles. The van der Waals surface area contributed by atoms with Gasteiger partial charge in [-0.15, -0.1) is 0 Å². The van der Waals surface area contributed by atoms with Crippen molar-refractivity contribution in [3.05, 3.63) is 57.4 Å². The topological polar surface area (TPSA) is 82.2 Å². The Kier molecular flexibility index (Phi) is 5.05. The largest absolute Gasteiger partial charge is 0.487 e. The van der Waals surface area contributed by atoms with E-state index in [0.717, 1.165) is 6.07 Å². The van der Waals surface area contributed by atoms with E-state index in [1.54, 1.807) is 13.1 Å². The van der Waals surface area contributed by atoms with E-state index in [9.17, 15) is 13.6 Å². The van der Waals surface area contributed by atoms with E-state index in [-0.39, 0.29) is 46.2 Å². The zero-order valence-corrected chi connectivity index (χ0v) is 16.6. The molecule has 0 radical (unpaired) electrons. The van der Waals surface area contributed by atoms with Crippen molar-refractivity contribution in [3.8, 4) is 5.75 Å². The number of hydrogen-bond donors (Lipinski definition) is 2. The van der Waals surface area contributed by atoms with Crippen molar-refractivity contribution in [3.63, 3.8) is 0 Å². The SMILES string of the molecule is Cc1cn2c3c(c(NCCCc4cc(F)cc(F)n4)c(F)c(N)c3c1=O)OCC2C. The lowest BCUT2D eigenvalue weighted by atomic mass is 10.0. The minimum atomic E-state index is -0.883. The number of rotatable bonds is 5. The van der Waals surface area contributed by atoms with Crippen LogP contribution in [-0.2, 0) is 6.42 Å². The summed E-state index contributed by atoms with van der Waals surface area (Å²) in [7, 11) is 0. The second kappa shape index (κ2) is 7.55. The van der Waals surface area contributed by atoms with E-state index in [1.807, 2.05) is 11.5 Å². The third-order valence-electron chi connectivity index (χ3n) is 5.25. The lowest BCUT2D eigenvalue weighted by Gasteiger charge is -2.29. The van der Waals surface area contributed by atoms with Crippen molar-refractivity contribution < 1.29 is 17.9 Å². The summed E-state index contributed by atoms with van der Waals surface area (Å²) in [5.74, 6) is -2.09. The van der Waals surface area contributed by atoms with E-state index in [4.69, 9.17) is 10.5 Å². The molecule has 0 saturated carbocycles. The molecular formula is C21H21F3N4O2. The number of nitrogens with zero attached hydrogens (tertiary/aromatic N) is 2. The molecule has 6 nitrogen and oxygen atoms in total. The Bertz CT molecular complexity index is 1190. The maximum Gasteiger partial charge on any atom is 0.215 e. The Morgan fingerprint density at radius 1 is 1.33 bits per heavy atom. The molecule has 0 fully saturated rings. The van der Waals surface area contributed by atoms with E-state index < -0.39 is 17.6 Å². The Labute approximate surface area is 170 Å². The third kappa shape index (κ3) is 3.34. The molecule has 1 aliphatic rings. The van der Waals surface area contributed by atoms with Crippen molar-refractivity contribution in [2.45, 2.75) is 32.7 Å². The average Bonchev–Trinajstić information content (AvgIpc) is 2.68. The Morgan fingerprint density at radius 3 is 2.83 bits per heavy atom. The van der Waals surface area contributed by atoms with Gasteiger partial charge in [-0.25, -0.2) is 13.8 Å². The van der Waals surface area contributed by atoms with Crippen molar-refractivity contribution in [2.75, 3.05) is 24.2 Å². The molecule has 3 aromatic rings. The van der Waals surface area contributed by atoms with Gasteiger partial charge in [0, 0.05) is 30.1 Å². The summed E-state index contributed by atoms with van der Waals surface area (Å²) in [6.07, 6.45) is 2.46. The van der Waals surface area contributed by atoms with Crippen LogP contribution in [0.2, 0.25) is 0 Å². The fourth-order valence-corrected chi connectivity index (χ4v) is 3.77. The summed E-state index contributed by atoms with van der Waals surface area (Å²) in [4.78, 5) is 16.3. The van der Waals surface area contributed by atoms with Gasteiger partial charge in [0.1, 0.15) is 18.1 Å². The van der Waals surface area contributed by atoms with Gasteiger partial charge in [-0.1, -0.05) is 0 Å². The molecule has 1 aliphatic heterocycles. The van der Waals surface area contributed by atoms with Gasteiger partial charge in [0.2, 0.25) is 5.95 Å². The van der Waals surface area contributed by atoms with E-state index >= 15 is 4.39 Å². The zero-order chi connectivity index (χ0) is 21.6. The van der Waals surface area contributed by atoms with Crippen LogP contribution >= 0.6 is 0 Å². The fraction of sp³-hybridized carbons (Fsp3) is 0.333. The van der Waals surface area contributed by atoms with Crippen LogP contribution in [0.1, 0.15) is 30.6 Å². The molecule has 1 atom stereocenters. The van der Waals surface area contributed by atoms with Crippen LogP contribution in [0.25, 0.3) is 10.9 Å². The number of pyridine rings is 2. The number of aryl methyl sites for hydroxylation is 2. The molecule has 0 aliphatic carbocycles. The molecule has 9 heteroatoms. The molecule has 0 saturated heterocycles. The maximum absolute atomic E-state index is 15.1. The Morgan fingerprint density at radius 2 is 2.10 bits per heavy atom. The molecule has 3 N–H and O–H groups in total. The van der Waals surface area contributed by atoms with Gasteiger partial charge < -0.3 is 20.4 Å². The molecule has 0 spiro atoms. The second-order valence-electron chi connectivity index (χ2n) is 7.49. The number of halogens is 3. The summed E-state index contributed by atoms with van der Waals surface area (Å²) in [6.45, 7) is 4.20. The highest BCUT2D eigenvalue weighted by atomic mass is 19.1. The molecule has 4 rings (SSSR count). The van der Waals surface area contributed by atoms with E-state index in [0.29, 0.717) is 36.6 Å². The maximum atomic E-state index is 15.1. The quantitative estimate of drug-likeness (QED) is 0.375. The number of benzene rings is 1. The van der Waals surface area contributed by atoms with Crippen LogP contribution in [0.3, 0.4) is 0 Å². The predicted molar refractivity (Wildman–Crippen MR) is 108 cm³/mol. The highest BCUT2D eigenvalue weighted by Gasteiger charge is 2.28. The zero-order valence-electron chi connectivity index (χ0n) is 16.6. The van der Waals surface area contributed by atoms with Crippen LogP contribution in [0.4, 0.5) is 24.5 Å². The standard InChI is InChI=1S/C21H21F3N4O2/c1-10-8-28-11(2)9-30-21-18(16(24)17(25)15(19(21)28)20(10)29)26-5-3-4-13-6-12(22)7-14(23)27-13/h6-8,11,26H,3-5,9,25H2,1-2H3. The number of nitrogen functional groups attached to an aromatic ring is 1. The van der Waals surface area contributed by atoms with Crippen LogP contribution in [0.15, 0.2) is 23.1 Å². The van der Waals surface area contributed by atoms with Crippen molar-refractivity contribution in [1.29, 1.82) is 0 Å². The Balaban J connectivity index is 1.66. The van der Waals surface area contributed by atoms with Crippen molar-refractivity contribution >= 4 is 22.3 Å². The van der Waals surface area contributed by atoms with Gasteiger partial charge in [-0.2, -0.15) is 4.39 Å². The third-order valence-corrected chi connectivity index (χ3v) is 5.25. The lowest BCUT2D eigenvalue weighted by Crippen LogP contribution is -2.26. The van der Waals surface area contributed by atoms with Crippen molar-refractivity contribution in [1.82, 2.24) is 9.55 Å². The van der Waals surface area contributed by atoms with Crippen LogP contribution in [-0.4, -0.2) is 22.7 Å². The highest BCUT2D eigenvalue weighted by molar-refractivity contribution is 6.00. The first-order valence-corrected chi connectivity index (χ1v) is 9.63. The number of hydrogen-bond acceptors (Lipinski definition) is 5. The van der Waals surface area contributed by atoms with E-state index in [1.165, 1.54) is 0 Å². The van der Waals surface area contributed by atoms with Gasteiger partial charge in [0.15, 0.2) is 17.0 Å². The molecule has 158 valence electrons. The summed E-state index contributed by atoms with van der Waals surface area (Å²) in [5, 5.41) is 3.07. The second-order valence-corrected chi connectivity index (χ2v) is 7.49. The normalized spacial score (nSPS) is 15.3. The molecule has 0 amide bonds. The highest BCUT2D eigenvalue weighted by Crippen LogP contribution is 2.43. The van der Waals surface area contributed by atoms with Gasteiger partial charge in [-0.3, -0.25) is 4.79 Å². The number of nitrogens with two attached hydrogens (primary N) is 1. The van der Waals surface area contributed by atoms with Crippen LogP contribution in [0, 0.1) is 24.5 Å². The van der Waals surface area contributed by atoms with Gasteiger partial charge in [-0.05, 0) is 32.8 Å². The monoisotopic (exact) mass is 418 g/mol. The first kappa shape index (κ1) is 20.1. The number of nitrogens with one attached hydrogen (secondary N) is 1. The van der Waals surface area contributed by atoms with Gasteiger partial charge in [0.05, 0.1) is 22.6 Å². The van der Waals surface area contributed by atoms with Gasteiger partial charge in [0.25, 0.3) is 0 Å². The first-order valence-electron chi connectivity index (χ1n) is 9.63. The van der Waals surface area contributed by atoms with Crippen molar-refractivity contribution in [2.24, 2.45) is 0 Å².